The van der Waals surface area contributed by atoms with Crippen molar-refractivity contribution >= 4 is 5.69 Å². The number of anilines is 1. The van der Waals surface area contributed by atoms with Crippen LogP contribution in [0.2, 0.25) is 0 Å². The number of hydrogen-bond donors (Lipinski definition) is 2. The first-order chi connectivity index (χ1) is 6.84. The first kappa shape index (κ1) is 9.53. The van der Waals surface area contributed by atoms with E-state index in [9.17, 15) is 0 Å². The molecule has 2 N–H and O–H groups in total. The molecule has 1 heterocycles. The monoisotopic (exact) mass is 190 g/mol. The van der Waals surface area contributed by atoms with Gasteiger partial charge in [0.05, 0.1) is 0 Å². The second kappa shape index (κ2) is 4.47. The van der Waals surface area contributed by atoms with Crippen LogP contribution in [0.5, 0.6) is 0 Å². The SMILES string of the molecule is C[C@H]1C[C@@H](Nc2ccccc2)CCN1. The maximum absolute atomic E-state index is 3.57. The van der Waals surface area contributed by atoms with E-state index in [0.717, 1.165) is 6.54 Å². The van der Waals surface area contributed by atoms with Gasteiger partial charge in [-0.3, -0.25) is 0 Å². The molecule has 0 saturated carbocycles. The van der Waals surface area contributed by atoms with Crippen LogP contribution in [0, 0.1) is 0 Å². The fraction of sp³-hybridized carbons (Fsp3) is 0.500. The van der Waals surface area contributed by atoms with Gasteiger partial charge < -0.3 is 10.6 Å². The van der Waals surface area contributed by atoms with Gasteiger partial charge in [-0.25, -0.2) is 0 Å². The average Bonchev–Trinajstić information content (AvgIpc) is 2.19. The molecule has 0 amide bonds. The zero-order valence-corrected chi connectivity index (χ0v) is 8.66. The molecule has 14 heavy (non-hydrogen) atoms. The fourth-order valence-corrected chi connectivity index (χ4v) is 2.03. The molecule has 1 aromatic rings. The smallest absolute Gasteiger partial charge is 0.0342 e. The number of rotatable bonds is 2. The maximum atomic E-state index is 3.57. The third-order valence-electron chi connectivity index (χ3n) is 2.77. The van der Waals surface area contributed by atoms with E-state index in [0.29, 0.717) is 12.1 Å². The van der Waals surface area contributed by atoms with Crippen LogP contribution in [0.1, 0.15) is 19.8 Å². The second-order valence-corrected chi connectivity index (χ2v) is 4.09. The molecule has 1 aliphatic rings. The minimum atomic E-state index is 0.633. The Morgan fingerprint density at radius 1 is 1.29 bits per heavy atom. The van der Waals surface area contributed by atoms with Crippen molar-refractivity contribution in [2.75, 3.05) is 11.9 Å². The summed E-state index contributed by atoms with van der Waals surface area (Å²) in [4.78, 5) is 0. The Bertz CT molecular complexity index is 271. The number of nitrogens with one attached hydrogen (secondary N) is 2. The second-order valence-electron chi connectivity index (χ2n) is 4.09. The van der Waals surface area contributed by atoms with Gasteiger partial charge in [0.15, 0.2) is 0 Å². The minimum absolute atomic E-state index is 0.633. The molecule has 76 valence electrons. The van der Waals surface area contributed by atoms with Gasteiger partial charge in [0.25, 0.3) is 0 Å². The number of hydrogen-bond acceptors (Lipinski definition) is 2. The lowest BCUT2D eigenvalue weighted by molar-refractivity contribution is 0.396. The third-order valence-corrected chi connectivity index (χ3v) is 2.77. The number of piperidine rings is 1. The summed E-state index contributed by atoms with van der Waals surface area (Å²) < 4.78 is 0. The average molecular weight is 190 g/mol. The molecular weight excluding hydrogens is 172 g/mol. The van der Waals surface area contributed by atoms with E-state index in [1.54, 1.807) is 0 Å². The van der Waals surface area contributed by atoms with Crippen LogP contribution in [-0.4, -0.2) is 18.6 Å². The van der Waals surface area contributed by atoms with E-state index < -0.39 is 0 Å². The fourth-order valence-electron chi connectivity index (χ4n) is 2.03. The summed E-state index contributed by atoms with van der Waals surface area (Å²) >= 11 is 0. The molecule has 0 aromatic heterocycles. The summed E-state index contributed by atoms with van der Waals surface area (Å²) in [5.74, 6) is 0. The van der Waals surface area contributed by atoms with Gasteiger partial charge in [0.2, 0.25) is 0 Å². The molecule has 0 unspecified atom stereocenters. The van der Waals surface area contributed by atoms with Crippen molar-refractivity contribution < 1.29 is 0 Å². The third kappa shape index (κ3) is 2.48. The first-order valence-electron chi connectivity index (χ1n) is 5.39. The van der Waals surface area contributed by atoms with Crippen molar-refractivity contribution in [1.29, 1.82) is 0 Å². The summed E-state index contributed by atoms with van der Waals surface area (Å²) in [5.41, 5.74) is 1.24. The first-order valence-corrected chi connectivity index (χ1v) is 5.39. The quantitative estimate of drug-likeness (QED) is 0.747. The van der Waals surface area contributed by atoms with E-state index in [4.69, 9.17) is 0 Å². The summed E-state index contributed by atoms with van der Waals surface area (Å²) in [6.45, 7) is 3.38. The van der Waals surface area contributed by atoms with E-state index in [2.05, 4.69) is 47.9 Å². The van der Waals surface area contributed by atoms with Crippen LogP contribution in [0.25, 0.3) is 0 Å². The molecule has 0 spiro atoms. The van der Waals surface area contributed by atoms with E-state index in [-0.39, 0.29) is 0 Å². The highest BCUT2D eigenvalue weighted by atomic mass is 15.0. The van der Waals surface area contributed by atoms with Gasteiger partial charge in [-0.2, -0.15) is 0 Å². The molecule has 2 rings (SSSR count). The standard InChI is InChI=1S/C12H18N2/c1-10-9-12(7-8-13-10)14-11-5-3-2-4-6-11/h2-6,10,12-14H,7-9H2,1H3/t10-,12-/m0/s1. The Morgan fingerprint density at radius 2 is 2.07 bits per heavy atom. The molecule has 2 heteroatoms. The largest absolute Gasteiger partial charge is 0.382 e. The summed E-state index contributed by atoms with van der Waals surface area (Å²) in [6.07, 6.45) is 2.44. The van der Waals surface area contributed by atoms with Crippen LogP contribution in [0.4, 0.5) is 5.69 Å². The molecule has 0 bridgehead atoms. The molecule has 0 radical (unpaired) electrons. The molecular formula is C12H18N2. The lowest BCUT2D eigenvalue weighted by Crippen LogP contribution is -2.41. The van der Waals surface area contributed by atoms with Crippen LogP contribution >= 0.6 is 0 Å². The van der Waals surface area contributed by atoms with Gasteiger partial charge in [0.1, 0.15) is 0 Å². The van der Waals surface area contributed by atoms with Crippen LogP contribution in [0.3, 0.4) is 0 Å². The highest BCUT2D eigenvalue weighted by Gasteiger charge is 2.17. The lowest BCUT2D eigenvalue weighted by atomic mass is 10.0. The molecule has 1 aromatic carbocycles. The van der Waals surface area contributed by atoms with Crippen LogP contribution < -0.4 is 10.6 Å². The van der Waals surface area contributed by atoms with Gasteiger partial charge in [-0.05, 0) is 38.4 Å². The zero-order valence-electron chi connectivity index (χ0n) is 8.66. The molecule has 2 nitrogen and oxygen atoms in total. The van der Waals surface area contributed by atoms with Crippen molar-refractivity contribution in [3.63, 3.8) is 0 Å². The normalized spacial score (nSPS) is 27.2. The van der Waals surface area contributed by atoms with Crippen molar-refractivity contribution in [1.82, 2.24) is 5.32 Å². The predicted octanol–water partition coefficient (Wildman–Crippen LogP) is 2.24. The Labute approximate surface area is 85.7 Å². The lowest BCUT2D eigenvalue weighted by Gasteiger charge is -2.29. The zero-order chi connectivity index (χ0) is 9.80. The van der Waals surface area contributed by atoms with Gasteiger partial charge in [-0.15, -0.1) is 0 Å². The molecule has 1 fully saturated rings. The van der Waals surface area contributed by atoms with Crippen molar-refractivity contribution in [2.24, 2.45) is 0 Å². The molecule has 1 saturated heterocycles. The van der Waals surface area contributed by atoms with Crippen molar-refractivity contribution in [2.45, 2.75) is 31.8 Å². The Hall–Kier alpha value is -1.02. The van der Waals surface area contributed by atoms with E-state index >= 15 is 0 Å². The highest BCUT2D eigenvalue weighted by Crippen LogP contribution is 2.15. The Kier molecular flexibility index (Phi) is 3.04. The van der Waals surface area contributed by atoms with Gasteiger partial charge in [-0.1, -0.05) is 18.2 Å². The molecule has 0 aliphatic carbocycles. The van der Waals surface area contributed by atoms with Crippen molar-refractivity contribution in [3.8, 4) is 0 Å². The number of benzene rings is 1. The van der Waals surface area contributed by atoms with Crippen LogP contribution in [0.15, 0.2) is 30.3 Å². The summed E-state index contributed by atoms with van der Waals surface area (Å²) in [7, 11) is 0. The summed E-state index contributed by atoms with van der Waals surface area (Å²) in [6, 6.07) is 11.7. The summed E-state index contributed by atoms with van der Waals surface area (Å²) in [5, 5.41) is 7.03. The number of para-hydroxylation sites is 1. The molecule has 2 atom stereocenters. The topological polar surface area (TPSA) is 24.1 Å². The van der Waals surface area contributed by atoms with E-state index in [1.165, 1.54) is 18.5 Å². The van der Waals surface area contributed by atoms with Gasteiger partial charge >= 0.3 is 0 Å². The predicted molar refractivity (Wildman–Crippen MR) is 60.6 cm³/mol. The van der Waals surface area contributed by atoms with Crippen LogP contribution in [-0.2, 0) is 0 Å². The Morgan fingerprint density at radius 3 is 2.79 bits per heavy atom. The van der Waals surface area contributed by atoms with Crippen molar-refractivity contribution in [3.05, 3.63) is 30.3 Å². The molecule has 1 aliphatic heterocycles. The maximum Gasteiger partial charge on any atom is 0.0342 e. The highest BCUT2D eigenvalue weighted by molar-refractivity contribution is 5.43. The van der Waals surface area contributed by atoms with Gasteiger partial charge in [0, 0.05) is 17.8 Å². The Balaban J connectivity index is 1.91. The minimum Gasteiger partial charge on any atom is -0.382 e. The van der Waals surface area contributed by atoms with E-state index in [1.807, 2.05) is 0 Å².